The number of carbonyl (C=O) groups is 2. The first-order valence-corrected chi connectivity index (χ1v) is 6.20. The number of furan rings is 1. The Balaban J connectivity index is 2.07. The number of benzene rings is 1. The number of nitrogens with zero attached hydrogens (tertiary/aromatic N) is 1. The molecule has 1 aromatic heterocycles. The van der Waals surface area contributed by atoms with Crippen molar-refractivity contribution in [2.24, 2.45) is 0 Å². The standard InChI is InChI=1S/C15H13NO3/c17-13-8-9-14(18)16(13)15(12-7-4-10-19-12)11-5-2-1-3-6-11/h1-7,10,15H,8-9H2. The van der Waals surface area contributed by atoms with E-state index in [4.69, 9.17) is 4.42 Å². The lowest BCUT2D eigenvalue weighted by Gasteiger charge is -2.24. The Bertz CT molecular complexity index is 573. The molecule has 2 aromatic rings. The van der Waals surface area contributed by atoms with Crippen LogP contribution in [0.5, 0.6) is 0 Å². The molecule has 0 saturated carbocycles. The second-order valence-electron chi connectivity index (χ2n) is 4.49. The van der Waals surface area contributed by atoms with Crippen molar-refractivity contribution in [3.05, 3.63) is 60.1 Å². The minimum atomic E-state index is -0.460. The van der Waals surface area contributed by atoms with E-state index in [9.17, 15) is 9.59 Å². The molecule has 1 unspecified atom stereocenters. The van der Waals surface area contributed by atoms with Crippen molar-refractivity contribution in [3.8, 4) is 0 Å². The van der Waals surface area contributed by atoms with E-state index < -0.39 is 6.04 Å². The lowest BCUT2D eigenvalue weighted by molar-refractivity contribution is -0.140. The molecule has 1 atom stereocenters. The van der Waals surface area contributed by atoms with Gasteiger partial charge in [-0.2, -0.15) is 0 Å². The molecule has 2 heterocycles. The van der Waals surface area contributed by atoms with Crippen LogP contribution in [-0.2, 0) is 9.59 Å². The molecule has 1 aliphatic heterocycles. The average molecular weight is 255 g/mol. The Morgan fingerprint density at radius 1 is 0.947 bits per heavy atom. The number of amides is 2. The van der Waals surface area contributed by atoms with Gasteiger partial charge in [-0.15, -0.1) is 0 Å². The number of rotatable bonds is 3. The summed E-state index contributed by atoms with van der Waals surface area (Å²) < 4.78 is 5.41. The molecule has 1 saturated heterocycles. The van der Waals surface area contributed by atoms with Crippen LogP contribution in [0.15, 0.2) is 53.1 Å². The molecule has 96 valence electrons. The van der Waals surface area contributed by atoms with Gasteiger partial charge in [-0.05, 0) is 17.7 Å². The number of imide groups is 1. The van der Waals surface area contributed by atoms with Gasteiger partial charge >= 0.3 is 0 Å². The molecule has 0 aliphatic carbocycles. The van der Waals surface area contributed by atoms with Crippen molar-refractivity contribution in [2.45, 2.75) is 18.9 Å². The molecule has 1 aromatic carbocycles. The molecular formula is C15H13NO3. The predicted molar refractivity (Wildman–Crippen MR) is 68.1 cm³/mol. The van der Waals surface area contributed by atoms with Crippen LogP contribution in [0.2, 0.25) is 0 Å². The third-order valence-corrected chi connectivity index (χ3v) is 3.28. The number of carbonyl (C=O) groups excluding carboxylic acids is 2. The second kappa shape index (κ2) is 4.72. The monoisotopic (exact) mass is 255 g/mol. The SMILES string of the molecule is O=C1CCC(=O)N1C(c1ccccc1)c1ccco1. The van der Waals surface area contributed by atoms with Crippen LogP contribution < -0.4 is 0 Å². The van der Waals surface area contributed by atoms with E-state index in [-0.39, 0.29) is 24.7 Å². The zero-order chi connectivity index (χ0) is 13.2. The lowest BCUT2D eigenvalue weighted by Crippen LogP contribution is -2.34. The summed E-state index contributed by atoms with van der Waals surface area (Å²) in [6.45, 7) is 0. The molecule has 1 aliphatic rings. The van der Waals surface area contributed by atoms with E-state index in [1.807, 2.05) is 30.3 Å². The third-order valence-electron chi connectivity index (χ3n) is 3.28. The highest BCUT2D eigenvalue weighted by Crippen LogP contribution is 2.32. The molecule has 4 heteroatoms. The maximum absolute atomic E-state index is 12.0. The number of likely N-dealkylation sites (tertiary alicyclic amines) is 1. The number of hydrogen-bond acceptors (Lipinski definition) is 3. The van der Waals surface area contributed by atoms with E-state index in [2.05, 4.69) is 0 Å². The van der Waals surface area contributed by atoms with Gasteiger partial charge in [0, 0.05) is 12.8 Å². The smallest absolute Gasteiger partial charge is 0.230 e. The van der Waals surface area contributed by atoms with Gasteiger partial charge in [-0.3, -0.25) is 14.5 Å². The average Bonchev–Trinajstić information content (AvgIpc) is 3.06. The number of hydrogen-bond donors (Lipinski definition) is 0. The van der Waals surface area contributed by atoms with Crippen molar-refractivity contribution >= 4 is 11.8 Å². The van der Waals surface area contributed by atoms with E-state index in [0.29, 0.717) is 5.76 Å². The van der Waals surface area contributed by atoms with Crippen LogP contribution in [0, 0.1) is 0 Å². The van der Waals surface area contributed by atoms with Gasteiger partial charge in [-0.1, -0.05) is 30.3 Å². The first-order valence-electron chi connectivity index (χ1n) is 6.20. The summed E-state index contributed by atoms with van der Waals surface area (Å²) in [4.78, 5) is 25.2. The van der Waals surface area contributed by atoms with Crippen LogP contribution in [0.25, 0.3) is 0 Å². The molecule has 1 fully saturated rings. The highest BCUT2D eigenvalue weighted by molar-refractivity contribution is 6.02. The fourth-order valence-electron chi connectivity index (χ4n) is 2.40. The summed E-state index contributed by atoms with van der Waals surface area (Å²) in [7, 11) is 0. The second-order valence-corrected chi connectivity index (χ2v) is 4.49. The molecule has 0 bridgehead atoms. The highest BCUT2D eigenvalue weighted by Gasteiger charge is 2.37. The normalized spacial score (nSPS) is 16.9. The van der Waals surface area contributed by atoms with Crippen molar-refractivity contribution in [1.82, 2.24) is 4.90 Å². The van der Waals surface area contributed by atoms with Gasteiger partial charge in [0.15, 0.2) is 0 Å². The van der Waals surface area contributed by atoms with Gasteiger partial charge in [0.05, 0.1) is 6.26 Å². The fraction of sp³-hybridized carbons (Fsp3) is 0.200. The zero-order valence-electron chi connectivity index (χ0n) is 10.3. The Labute approximate surface area is 110 Å². The van der Waals surface area contributed by atoms with E-state index in [0.717, 1.165) is 5.56 Å². The molecule has 4 nitrogen and oxygen atoms in total. The summed E-state index contributed by atoms with van der Waals surface area (Å²) in [5.74, 6) is 0.320. The first kappa shape index (κ1) is 11.7. The summed E-state index contributed by atoms with van der Waals surface area (Å²) in [5, 5.41) is 0. The zero-order valence-corrected chi connectivity index (χ0v) is 10.3. The van der Waals surface area contributed by atoms with Crippen molar-refractivity contribution in [3.63, 3.8) is 0 Å². The van der Waals surface area contributed by atoms with Gasteiger partial charge in [0.1, 0.15) is 11.8 Å². The van der Waals surface area contributed by atoms with Crippen LogP contribution in [0.4, 0.5) is 0 Å². The largest absolute Gasteiger partial charge is 0.467 e. The third kappa shape index (κ3) is 2.05. The Morgan fingerprint density at radius 3 is 2.21 bits per heavy atom. The Morgan fingerprint density at radius 2 is 1.63 bits per heavy atom. The van der Waals surface area contributed by atoms with Gasteiger partial charge < -0.3 is 4.42 Å². The van der Waals surface area contributed by atoms with Crippen LogP contribution in [0.3, 0.4) is 0 Å². The Kier molecular flexibility index (Phi) is 2.91. The minimum absolute atomic E-state index is 0.143. The summed E-state index contributed by atoms with van der Waals surface area (Å²) in [6, 6.07) is 12.5. The summed E-state index contributed by atoms with van der Waals surface area (Å²) in [6.07, 6.45) is 2.11. The first-order chi connectivity index (χ1) is 9.27. The molecule has 0 N–H and O–H groups in total. The maximum atomic E-state index is 12.0. The molecule has 0 radical (unpaired) electrons. The Hall–Kier alpha value is -2.36. The van der Waals surface area contributed by atoms with E-state index in [1.165, 1.54) is 4.90 Å². The summed E-state index contributed by atoms with van der Waals surface area (Å²) >= 11 is 0. The van der Waals surface area contributed by atoms with Gasteiger partial charge in [0.25, 0.3) is 0 Å². The van der Waals surface area contributed by atoms with Crippen LogP contribution >= 0.6 is 0 Å². The molecule has 0 spiro atoms. The van der Waals surface area contributed by atoms with Crippen LogP contribution in [0.1, 0.15) is 30.2 Å². The van der Waals surface area contributed by atoms with Gasteiger partial charge in [0.2, 0.25) is 11.8 Å². The molecule has 2 amide bonds. The fourth-order valence-corrected chi connectivity index (χ4v) is 2.40. The minimum Gasteiger partial charge on any atom is -0.467 e. The topological polar surface area (TPSA) is 50.5 Å². The van der Waals surface area contributed by atoms with E-state index in [1.54, 1.807) is 18.4 Å². The lowest BCUT2D eigenvalue weighted by atomic mass is 10.0. The van der Waals surface area contributed by atoms with Crippen molar-refractivity contribution in [1.29, 1.82) is 0 Å². The predicted octanol–water partition coefficient (Wildman–Crippen LogP) is 2.52. The maximum Gasteiger partial charge on any atom is 0.230 e. The van der Waals surface area contributed by atoms with Crippen LogP contribution in [-0.4, -0.2) is 16.7 Å². The molecular weight excluding hydrogens is 242 g/mol. The van der Waals surface area contributed by atoms with Crippen molar-refractivity contribution < 1.29 is 14.0 Å². The molecule has 19 heavy (non-hydrogen) atoms. The summed E-state index contributed by atoms with van der Waals surface area (Å²) in [5.41, 5.74) is 0.876. The molecule has 3 rings (SSSR count). The van der Waals surface area contributed by atoms with E-state index >= 15 is 0 Å². The van der Waals surface area contributed by atoms with Gasteiger partial charge in [-0.25, -0.2) is 0 Å². The van der Waals surface area contributed by atoms with Crippen molar-refractivity contribution in [2.75, 3.05) is 0 Å². The quantitative estimate of drug-likeness (QED) is 0.792. The highest BCUT2D eigenvalue weighted by atomic mass is 16.3.